The third-order valence-corrected chi connectivity index (χ3v) is 7.20. The largest absolute Gasteiger partial charge is 0.480 e. The number of aliphatic carboxylic acids is 1. The monoisotopic (exact) mass is 381 g/mol. The fourth-order valence-electron chi connectivity index (χ4n) is 3.83. The van der Waals surface area contributed by atoms with Gasteiger partial charge in [0.15, 0.2) is 0 Å². The summed E-state index contributed by atoms with van der Waals surface area (Å²) in [7, 11) is -3.43. The smallest absolute Gasteiger partial charge is 0.325 e. The second-order valence-corrected chi connectivity index (χ2v) is 8.99. The van der Waals surface area contributed by atoms with Crippen LogP contribution in [0.1, 0.15) is 36.4 Å². The zero-order chi connectivity index (χ0) is 18.7. The summed E-state index contributed by atoms with van der Waals surface area (Å²) in [5, 5.41) is 9.78. The van der Waals surface area contributed by atoms with Crippen molar-refractivity contribution in [2.24, 2.45) is 0 Å². The van der Waals surface area contributed by atoms with Crippen molar-refractivity contribution in [2.75, 3.05) is 39.3 Å². The van der Waals surface area contributed by atoms with Gasteiger partial charge in [-0.05, 0) is 31.7 Å². The van der Waals surface area contributed by atoms with E-state index in [0.717, 1.165) is 24.0 Å². The summed E-state index contributed by atoms with van der Waals surface area (Å²) in [5.74, 6) is -0.897. The number of carbonyl (C=O) groups is 1. The number of benzene rings is 1. The molecule has 0 bridgehead atoms. The Labute approximate surface area is 155 Å². The summed E-state index contributed by atoms with van der Waals surface area (Å²) in [6, 6.07) is 6.78. The third kappa shape index (κ3) is 4.09. The summed E-state index contributed by atoms with van der Waals surface area (Å²) in [5.41, 5.74) is 1.76. The SMILES string of the molecule is Cc1cccc(C(C(=O)O)N2CCCN(S(=O)(=O)N3CCCC3)CC2)c1. The van der Waals surface area contributed by atoms with Crippen LogP contribution in [-0.4, -0.2) is 72.3 Å². The van der Waals surface area contributed by atoms with Crippen molar-refractivity contribution >= 4 is 16.2 Å². The quantitative estimate of drug-likeness (QED) is 0.835. The first kappa shape index (κ1) is 19.3. The fourth-order valence-corrected chi connectivity index (χ4v) is 5.55. The molecule has 0 saturated carbocycles. The standard InChI is InChI=1S/C18H27N3O4S/c1-15-6-4-7-16(14-15)17(18(22)23)19-8-5-11-21(13-12-19)26(24,25)20-9-2-3-10-20/h4,6-7,14,17H,2-3,5,8-13H2,1H3,(H,22,23). The minimum atomic E-state index is -3.43. The van der Waals surface area contributed by atoms with Crippen LogP contribution in [0.2, 0.25) is 0 Å². The molecule has 26 heavy (non-hydrogen) atoms. The van der Waals surface area contributed by atoms with Gasteiger partial charge in [0.25, 0.3) is 10.2 Å². The van der Waals surface area contributed by atoms with Gasteiger partial charge in [-0.1, -0.05) is 29.8 Å². The van der Waals surface area contributed by atoms with Crippen LogP contribution >= 0.6 is 0 Å². The number of hydrogen-bond acceptors (Lipinski definition) is 4. The van der Waals surface area contributed by atoms with Crippen molar-refractivity contribution in [1.29, 1.82) is 0 Å². The summed E-state index contributed by atoms with van der Waals surface area (Å²) in [6.45, 7) is 4.86. The van der Waals surface area contributed by atoms with Crippen molar-refractivity contribution in [3.8, 4) is 0 Å². The van der Waals surface area contributed by atoms with Crippen molar-refractivity contribution in [3.63, 3.8) is 0 Å². The Hall–Kier alpha value is -1.48. The van der Waals surface area contributed by atoms with E-state index in [9.17, 15) is 18.3 Å². The highest BCUT2D eigenvalue weighted by Crippen LogP contribution is 2.25. The molecule has 7 nitrogen and oxygen atoms in total. The lowest BCUT2D eigenvalue weighted by atomic mass is 10.0. The molecule has 1 unspecified atom stereocenters. The minimum absolute atomic E-state index is 0.328. The molecule has 1 atom stereocenters. The predicted octanol–water partition coefficient (Wildman–Crippen LogP) is 1.47. The van der Waals surface area contributed by atoms with Crippen molar-refractivity contribution < 1.29 is 18.3 Å². The Morgan fingerprint density at radius 2 is 1.65 bits per heavy atom. The predicted molar refractivity (Wildman–Crippen MR) is 99.0 cm³/mol. The minimum Gasteiger partial charge on any atom is -0.480 e. The zero-order valence-corrected chi connectivity index (χ0v) is 16.0. The third-order valence-electron chi connectivity index (χ3n) is 5.16. The number of hydrogen-bond donors (Lipinski definition) is 1. The van der Waals surface area contributed by atoms with Gasteiger partial charge in [0.2, 0.25) is 0 Å². The summed E-state index contributed by atoms with van der Waals surface area (Å²) < 4.78 is 28.6. The van der Waals surface area contributed by atoms with Crippen LogP contribution in [0.5, 0.6) is 0 Å². The van der Waals surface area contributed by atoms with Crippen LogP contribution in [0.25, 0.3) is 0 Å². The molecule has 0 spiro atoms. The molecule has 2 fully saturated rings. The Kier molecular flexibility index (Phi) is 5.96. The lowest BCUT2D eigenvalue weighted by Gasteiger charge is -2.29. The van der Waals surface area contributed by atoms with E-state index in [-0.39, 0.29) is 0 Å². The lowest BCUT2D eigenvalue weighted by molar-refractivity contribution is -0.143. The molecule has 0 aliphatic carbocycles. The van der Waals surface area contributed by atoms with E-state index in [1.54, 1.807) is 4.31 Å². The van der Waals surface area contributed by atoms with Gasteiger partial charge >= 0.3 is 5.97 Å². The van der Waals surface area contributed by atoms with Gasteiger partial charge in [-0.25, -0.2) is 0 Å². The second-order valence-electron chi connectivity index (χ2n) is 7.06. The molecule has 1 N–H and O–H groups in total. The Morgan fingerprint density at radius 1 is 1.00 bits per heavy atom. The van der Waals surface area contributed by atoms with E-state index < -0.39 is 22.2 Å². The number of nitrogens with zero attached hydrogens (tertiary/aromatic N) is 3. The van der Waals surface area contributed by atoms with Crippen LogP contribution in [0, 0.1) is 6.92 Å². The lowest BCUT2D eigenvalue weighted by Crippen LogP contribution is -2.44. The van der Waals surface area contributed by atoms with E-state index in [0.29, 0.717) is 45.7 Å². The van der Waals surface area contributed by atoms with Crippen LogP contribution in [0.15, 0.2) is 24.3 Å². The maximum Gasteiger partial charge on any atom is 0.325 e. The molecule has 2 aliphatic heterocycles. The topological polar surface area (TPSA) is 81.2 Å². The van der Waals surface area contributed by atoms with Gasteiger partial charge < -0.3 is 5.11 Å². The van der Waals surface area contributed by atoms with E-state index in [2.05, 4.69) is 0 Å². The van der Waals surface area contributed by atoms with Crippen LogP contribution in [0.4, 0.5) is 0 Å². The Balaban J connectivity index is 1.75. The van der Waals surface area contributed by atoms with E-state index in [1.807, 2.05) is 36.1 Å². The molecule has 2 heterocycles. The molecular formula is C18H27N3O4S. The molecular weight excluding hydrogens is 354 g/mol. The van der Waals surface area contributed by atoms with Gasteiger partial charge in [0.05, 0.1) is 0 Å². The van der Waals surface area contributed by atoms with E-state index in [1.165, 1.54) is 4.31 Å². The van der Waals surface area contributed by atoms with Gasteiger partial charge in [-0.2, -0.15) is 17.0 Å². The first-order chi connectivity index (χ1) is 12.4. The average Bonchev–Trinajstić information content (AvgIpc) is 3.02. The first-order valence-electron chi connectivity index (χ1n) is 9.18. The average molecular weight is 381 g/mol. The molecule has 0 radical (unpaired) electrons. The first-order valence-corrected chi connectivity index (χ1v) is 10.6. The molecule has 2 aliphatic rings. The highest BCUT2D eigenvalue weighted by atomic mass is 32.2. The Morgan fingerprint density at radius 3 is 2.31 bits per heavy atom. The highest BCUT2D eigenvalue weighted by Gasteiger charge is 2.35. The zero-order valence-electron chi connectivity index (χ0n) is 15.2. The summed E-state index contributed by atoms with van der Waals surface area (Å²) >= 11 is 0. The van der Waals surface area contributed by atoms with Gasteiger partial charge in [-0.15, -0.1) is 0 Å². The van der Waals surface area contributed by atoms with Crippen LogP contribution in [-0.2, 0) is 15.0 Å². The number of aryl methyl sites for hydroxylation is 1. The molecule has 1 aromatic rings. The number of carboxylic acid groups (broad SMARTS) is 1. The second kappa shape index (κ2) is 8.04. The summed E-state index contributed by atoms with van der Waals surface area (Å²) in [6.07, 6.45) is 2.45. The maximum atomic E-state index is 12.8. The molecule has 8 heteroatoms. The number of carboxylic acids is 1. The van der Waals surface area contributed by atoms with Crippen molar-refractivity contribution in [2.45, 2.75) is 32.2 Å². The molecule has 3 rings (SSSR count). The molecule has 0 aromatic heterocycles. The molecule has 1 aromatic carbocycles. The van der Waals surface area contributed by atoms with Crippen molar-refractivity contribution in [1.82, 2.24) is 13.5 Å². The maximum absolute atomic E-state index is 12.8. The Bertz CT molecular complexity index is 747. The normalized spacial score (nSPS) is 22.2. The van der Waals surface area contributed by atoms with Gasteiger partial charge in [0.1, 0.15) is 6.04 Å². The highest BCUT2D eigenvalue weighted by molar-refractivity contribution is 7.86. The van der Waals surface area contributed by atoms with Crippen LogP contribution < -0.4 is 0 Å². The molecule has 144 valence electrons. The van der Waals surface area contributed by atoms with Crippen LogP contribution in [0.3, 0.4) is 0 Å². The van der Waals surface area contributed by atoms with Crippen molar-refractivity contribution in [3.05, 3.63) is 35.4 Å². The van der Waals surface area contributed by atoms with E-state index in [4.69, 9.17) is 0 Å². The molecule has 0 amide bonds. The van der Waals surface area contributed by atoms with Gasteiger partial charge in [0, 0.05) is 39.3 Å². The number of rotatable bonds is 5. The van der Waals surface area contributed by atoms with Gasteiger partial charge in [-0.3, -0.25) is 9.69 Å². The molecule has 2 saturated heterocycles. The fraction of sp³-hybridized carbons (Fsp3) is 0.611. The van der Waals surface area contributed by atoms with E-state index >= 15 is 0 Å². The summed E-state index contributed by atoms with van der Waals surface area (Å²) in [4.78, 5) is 13.8.